The van der Waals surface area contributed by atoms with Gasteiger partial charge in [-0.3, -0.25) is 4.79 Å². The minimum absolute atomic E-state index is 0.0471. The van der Waals surface area contributed by atoms with E-state index in [1.807, 2.05) is 0 Å². The average molecular weight is 404 g/mol. The first kappa shape index (κ1) is 20.3. The highest BCUT2D eigenvalue weighted by Crippen LogP contribution is 2.29. The standard InChI is InChI=1S/C18H17Cl2F2NO3/c1-25-15-6-5-11(9-16(15)26-18(21)22)7-8-23-17(24)10-12-13(19)3-2-4-14(12)20/h2-6,9,18H,7-8,10H2,1H3,(H,23,24). The van der Waals surface area contributed by atoms with Crippen molar-refractivity contribution in [3.05, 3.63) is 57.6 Å². The second-order valence-corrected chi connectivity index (χ2v) is 6.16. The van der Waals surface area contributed by atoms with Crippen LogP contribution in [0.2, 0.25) is 10.0 Å². The summed E-state index contributed by atoms with van der Waals surface area (Å²) in [5.74, 6) is -0.0711. The predicted octanol–water partition coefficient (Wildman–Crippen LogP) is 4.50. The van der Waals surface area contributed by atoms with E-state index < -0.39 is 6.61 Å². The molecule has 0 saturated heterocycles. The lowest BCUT2D eigenvalue weighted by Crippen LogP contribution is -2.27. The van der Waals surface area contributed by atoms with Crippen LogP contribution in [-0.2, 0) is 17.6 Å². The van der Waals surface area contributed by atoms with E-state index in [9.17, 15) is 13.6 Å². The number of hydrogen-bond donors (Lipinski definition) is 1. The van der Waals surface area contributed by atoms with Crippen molar-refractivity contribution in [3.8, 4) is 11.5 Å². The van der Waals surface area contributed by atoms with Crippen molar-refractivity contribution in [2.45, 2.75) is 19.5 Å². The van der Waals surface area contributed by atoms with Gasteiger partial charge in [0.15, 0.2) is 11.5 Å². The van der Waals surface area contributed by atoms with Crippen molar-refractivity contribution in [1.29, 1.82) is 0 Å². The van der Waals surface area contributed by atoms with Gasteiger partial charge in [-0.2, -0.15) is 8.78 Å². The Balaban J connectivity index is 1.92. The topological polar surface area (TPSA) is 47.6 Å². The molecule has 0 aromatic heterocycles. The normalized spacial score (nSPS) is 10.7. The lowest BCUT2D eigenvalue weighted by molar-refractivity contribution is -0.120. The van der Waals surface area contributed by atoms with Gasteiger partial charge in [-0.15, -0.1) is 0 Å². The largest absolute Gasteiger partial charge is 0.493 e. The summed E-state index contributed by atoms with van der Waals surface area (Å²) in [4.78, 5) is 12.0. The number of ether oxygens (including phenoxy) is 2. The first-order valence-corrected chi connectivity index (χ1v) is 8.47. The summed E-state index contributed by atoms with van der Waals surface area (Å²) < 4.78 is 34.3. The lowest BCUT2D eigenvalue weighted by atomic mass is 10.1. The minimum Gasteiger partial charge on any atom is -0.493 e. The highest BCUT2D eigenvalue weighted by Gasteiger charge is 2.13. The van der Waals surface area contributed by atoms with E-state index in [0.717, 1.165) is 5.56 Å². The number of carbonyl (C=O) groups is 1. The van der Waals surface area contributed by atoms with Crippen LogP contribution in [0.25, 0.3) is 0 Å². The molecule has 0 unspecified atom stereocenters. The first-order valence-electron chi connectivity index (χ1n) is 7.72. The van der Waals surface area contributed by atoms with Crippen molar-refractivity contribution in [2.24, 2.45) is 0 Å². The Morgan fingerprint density at radius 3 is 2.46 bits per heavy atom. The number of rotatable bonds is 8. The van der Waals surface area contributed by atoms with Gasteiger partial charge in [0, 0.05) is 16.6 Å². The van der Waals surface area contributed by atoms with Crippen molar-refractivity contribution in [2.75, 3.05) is 13.7 Å². The maximum atomic E-state index is 12.4. The molecule has 0 bridgehead atoms. The number of benzene rings is 2. The predicted molar refractivity (Wildman–Crippen MR) is 96.5 cm³/mol. The van der Waals surface area contributed by atoms with Crippen molar-refractivity contribution in [1.82, 2.24) is 5.32 Å². The van der Waals surface area contributed by atoms with E-state index in [1.54, 1.807) is 30.3 Å². The fourth-order valence-electron chi connectivity index (χ4n) is 2.34. The van der Waals surface area contributed by atoms with Crippen LogP contribution in [0.4, 0.5) is 8.78 Å². The molecule has 140 valence electrons. The molecule has 0 saturated carbocycles. The van der Waals surface area contributed by atoms with Crippen LogP contribution in [0.5, 0.6) is 11.5 Å². The Kier molecular flexibility index (Phi) is 7.48. The molecule has 2 aromatic rings. The molecule has 0 aliphatic rings. The van der Waals surface area contributed by atoms with Gasteiger partial charge in [-0.1, -0.05) is 35.3 Å². The molecule has 1 N–H and O–H groups in total. The van der Waals surface area contributed by atoms with Crippen LogP contribution < -0.4 is 14.8 Å². The van der Waals surface area contributed by atoms with Crippen molar-refractivity contribution in [3.63, 3.8) is 0 Å². The molecular formula is C18H17Cl2F2NO3. The Hall–Kier alpha value is -2.05. The second-order valence-electron chi connectivity index (χ2n) is 5.34. The Bertz CT molecular complexity index is 752. The molecule has 26 heavy (non-hydrogen) atoms. The molecule has 1 amide bonds. The molecular weight excluding hydrogens is 387 g/mol. The van der Waals surface area contributed by atoms with Gasteiger partial charge in [0.05, 0.1) is 13.5 Å². The zero-order valence-electron chi connectivity index (χ0n) is 13.9. The summed E-state index contributed by atoms with van der Waals surface area (Å²) >= 11 is 12.1. The highest BCUT2D eigenvalue weighted by atomic mass is 35.5. The molecule has 0 radical (unpaired) electrons. The van der Waals surface area contributed by atoms with Crippen LogP contribution in [0.15, 0.2) is 36.4 Å². The molecule has 0 aliphatic heterocycles. The van der Waals surface area contributed by atoms with Crippen LogP contribution in [0, 0.1) is 0 Å². The van der Waals surface area contributed by atoms with E-state index in [2.05, 4.69) is 10.1 Å². The summed E-state index contributed by atoms with van der Waals surface area (Å²) in [6, 6.07) is 9.75. The maximum Gasteiger partial charge on any atom is 0.387 e. The van der Waals surface area contributed by atoms with Gasteiger partial charge in [0.1, 0.15) is 0 Å². The minimum atomic E-state index is -2.95. The van der Waals surface area contributed by atoms with Gasteiger partial charge in [-0.25, -0.2) is 0 Å². The molecule has 2 rings (SSSR count). The second kappa shape index (κ2) is 9.59. The number of halogens is 4. The highest BCUT2D eigenvalue weighted by molar-refractivity contribution is 6.36. The van der Waals surface area contributed by atoms with E-state index in [-0.39, 0.29) is 23.8 Å². The van der Waals surface area contributed by atoms with E-state index in [0.29, 0.717) is 28.6 Å². The van der Waals surface area contributed by atoms with Gasteiger partial charge in [0.2, 0.25) is 5.91 Å². The lowest BCUT2D eigenvalue weighted by Gasteiger charge is -2.12. The maximum absolute atomic E-state index is 12.4. The zero-order chi connectivity index (χ0) is 19.1. The van der Waals surface area contributed by atoms with Crippen LogP contribution in [-0.4, -0.2) is 26.2 Å². The molecule has 0 spiro atoms. The van der Waals surface area contributed by atoms with Gasteiger partial charge in [-0.05, 0) is 41.8 Å². The molecule has 0 aliphatic carbocycles. The Labute approximate surface area is 160 Å². The molecule has 0 atom stereocenters. The number of hydrogen-bond acceptors (Lipinski definition) is 3. The average Bonchev–Trinajstić information content (AvgIpc) is 2.58. The Morgan fingerprint density at radius 1 is 1.15 bits per heavy atom. The molecule has 4 nitrogen and oxygen atoms in total. The van der Waals surface area contributed by atoms with E-state index in [4.69, 9.17) is 27.9 Å². The quantitative estimate of drug-likeness (QED) is 0.705. The Morgan fingerprint density at radius 2 is 1.85 bits per heavy atom. The van der Waals surface area contributed by atoms with E-state index >= 15 is 0 Å². The number of methoxy groups -OCH3 is 1. The van der Waals surface area contributed by atoms with Crippen LogP contribution in [0.3, 0.4) is 0 Å². The smallest absolute Gasteiger partial charge is 0.387 e. The number of amides is 1. The third kappa shape index (κ3) is 5.75. The third-order valence-corrected chi connectivity index (χ3v) is 4.29. The summed E-state index contributed by atoms with van der Waals surface area (Å²) in [5.41, 5.74) is 1.28. The van der Waals surface area contributed by atoms with Crippen molar-refractivity contribution < 1.29 is 23.0 Å². The van der Waals surface area contributed by atoms with Crippen LogP contribution in [0.1, 0.15) is 11.1 Å². The van der Waals surface area contributed by atoms with E-state index in [1.165, 1.54) is 13.2 Å². The summed E-state index contributed by atoms with van der Waals surface area (Å²) in [7, 11) is 1.37. The van der Waals surface area contributed by atoms with Gasteiger partial charge < -0.3 is 14.8 Å². The molecule has 0 fully saturated rings. The van der Waals surface area contributed by atoms with Crippen molar-refractivity contribution >= 4 is 29.1 Å². The first-order chi connectivity index (χ1) is 12.4. The number of alkyl halides is 2. The molecule has 2 aromatic carbocycles. The zero-order valence-corrected chi connectivity index (χ0v) is 15.4. The SMILES string of the molecule is COc1ccc(CCNC(=O)Cc2c(Cl)cccc2Cl)cc1OC(F)F. The number of carbonyl (C=O) groups excluding carboxylic acids is 1. The van der Waals surface area contributed by atoms with Gasteiger partial charge >= 0.3 is 6.61 Å². The van der Waals surface area contributed by atoms with Gasteiger partial charge in [0.25, 0.3) is 0 Å². The number of nitrogens with one attached hydrogen (secondary N) is 1. The fraction of sp³-hybridized carbons (Fsp3) is 0.278. The third-order valence-electron chi connectivity index (χ3n) is 3.58. The summed E-state index contributed by atoms with van der Waals surface area (Å²) in [5, 5.41) is 3.60. The summed E-state index contributed by atoms with van der Waals surface area (Å²) in [6.45, 7) is -2.62. The van der Waals surface area contributed by atoms with Crippen LogP contribution >= 0.6 is 23.2 Å². The monoisotopic (exact) mass is 403 g/mol. The molecule has 0 heterocycles. The fourth-order valence-corrected chi connectivity index (χ4v) is 2.87. The molecule has 8 heteroatoms. The summed E-state index contributed by atoms with van der Waals surface area (Å²) in [6.07, 6.45) is 0.493.